The minimum atomic E-state index is 0.215. The molecule has 6 nitrogen and oxygen atoms in total. The standard InChI is InChI=1S/C16H16N4O2/c17-8-13-9-19-16(10-18-13)20-12-3-5-14(6-4-12)22-11-15-2-1-7-21-15/h3-6,9-10,15H,1-2,7,11H2,(H,19,20). The Morgan fingerprint density at radius 1 is 1.27 bits per heavy atom. The fraction of sp³-hybridized carbons (Fsp3) is 0.312. The van der Waals surface area contributed by atoms with E-state index in [2.05, 4.69) is 15.3 Å². The quantitative estimate of drug-likeness (QED) is 0.913. The molecule has 2 heterocycles. The Balaban J connectivity index is 1.55. The van der Waals surface area contributed by atoms with Crippen LogP contribution in [0.5, 0.6) is 5.75 Å². The fourth-order valence-electron chi connectivity index (χ4n) is 2.20. The summed E-state index contributed by atoms with van der Waals surface area (Å²) in [5.41, 5.74) is 1.17. The summed E-state index contributed by atoms with van der Waals surface area (Å²) in [6.07, 6.45) is 5.35. The zero-order valence-electron chi connectivity index (χ0n) is 12.0. The number of nitriles is 1. The molecule has 1 aromatic carbocycles. The molecule has 1 unspecified atom stereocenters. The largest absolute Gasteiger partial charge is 0.491 e. The first-order chi connectivity index (χ1) is 10.8. The lowest BCUT2D eigenvalue weighted by atomic mass is 10.2. The molecule has 1 N–H and O–H groups in total. The molecule has 1 atom stereocenters. The van der Waals surface area contributed by atoms with E-state index < -0.39 is 0 Å². The molecule has 1 fully saturated rings. The van der Waals surface area contributed by atoms with Gasteiger partial charge in [-0.1, -0.05) is 0 Å². The Morgan fingerprint density at radius 3 is 2.77 bits per heavy atom. The Bertz CT molecular complexity index is 643. The van der Waals surface area contributed by atoms with E-state index in [1.165, 1.54) is 12.4 Å². The van der Waals surface area contributed by atoms with E-state index in [-0.39, 0.29) is 6.10 Å². The van der Waals surface area contributed by atoms with Gasteiger partial charge in [-0.2, -0.15) is 5.26 Å². The maximum atomic E-state index is 8.68. The third kappa shape index (κ3) is 3.71. The van der Waals surface area contributed by atoms with Crippen LogP contribution in [0, 0.1) is 11.3 Å². The number of nitrogens with zero attached hydrogens (tertiary/aromatic N) is 3. The lowest BCUT2D eigenvalue weighted by Crippen LogP contribution is -2.16. The van der Waals surface area contributed by atoms with Gasteiger partial charge in [0.2, 0.25) is 0 Å². The Labute approximate surface area is 128 Å². The van der Waals surface area contributed by atoms with Crippen LogP contribution in [0.4, 0.5) is 11.5 Å². The van der Waals surface area contributed by atoms with Crippen molar-refractivity contribution in [3.63, 3.8) is 0 Å². The summed E-state index contributed by atoms with van der Waals surface area (Å²) in [6.45, 7) is 1.43. The van der Waals surface area contributed by atoms with Gasteiger partial charge in [0.15, 0.2) is 5.69 Å². The summed E-state index contributed by atoms with van der Waals surface area (Å²) in [5.74, 6) is 1.40. The summed E-state index contributed by atoms with van der Waals surface area (Å²) in [7, 11) is 0. The molecule has 0 aliphatic carbocycles. The van der Waals surface area contributed by atoms with Crippen molar-refractivity contribution in [2.75, 3.05) is 18.5 Å². The number of ether oxygens (including phenoxy) is 2. The Hall–Kier alpha value is -2.65. The van der Waals surface area contributed by atoms with E-state index in [9.17, 15) is 0 Å². The van der Waals surface area contributed by atoms with Crippen LogP contribution in [0.15, 0.2) is 36.7 Å². The molecule has 0 saturated carbocycles. The summed E-state index contributed by atoms with van der Waals surface area (Å²) >= 11 is 0. The molecule has 2 aromatic rings. The van der Waals surface area contributed by atoms with Crippen LogP contribution in [-0.2, 0) is 4.74 Å². The number of aromatic nitrogens is 2. The first-order valence-electron chi connectivity index (χ1n) is 7.17. The molecule has 0 radical (unpaired) electrons. The number of benzene rings is 1. The maximum absolute atomic E-state index is 8.68. The van der Waals surface area contributed by atoms with Crippen molar-refractivity contribution in [2.24, 2.45) is 0 Å². The smallest absolute Gasteiger partial charge is 0.158 e. The van der Waals surface area contributed by atoms with Crippen LogP contribution >= 0.6 is 0 Å². The lowest BCUT2D eigenvalue weighted by Gasteiger charge is -2.12. The molecular formula is C16H16N4O2. The highest BCUT2D eigenvalue weighted by atomic mass is 16.5. The maximum Gasteiger partial charge on any atom is 0.158 e. The highest BCUT2D eigenvalue weighted by Crippen LogP contribution is 2.20. The second kappa shape index (κ2) is 6.87. The van der Waals surface area contributed by atoms with Crippen molar-refractivity contribution in [3.05, 3.63) is 42.4 Å². The zero-order chi connectivity index (χ0) is 15.2. The normalized spacial score (nSPS) is 17.0. The Morgan fingerprint density at radius 2 is 2.14 bits per heavy atom. The average Bonchev–Trinajstić information content (AvgIpc) is 3.08. The molecule has 1 aliphatic rings. The van der Waals surface area contributed by atoms with Crippen molar-refractivity contribution in [2.45, 2.75) is 18.9 Å². The summed E-state index contributed by atoms with van der Waals surface area (Å²) < 4.78 is 11.2. The number of nitrogens with one attached hydrogen (secondary N) is 1. The van der Waals surface area contributed by atoms with Crippen LogP contribution in [-0.4, -0.2) is 29.3 Å². The zero-order valence-corrected chi connectivity index (χ0v) is 12.0. The van der Waals surface area contributed by atoms with Crippen molar-refractivity contribution in [3.8, 4) is 11.8 Å². The van der Waals surface area contributed by atoms with Gasteiger partial charge in [0, 0.05) is 12.3 Å². The van der Waals surface area contributed by atoms with Crippen LogP contribution in [0.1, 0.15) is 18.5 Å². The van der Waals surface area contributed by atoms with Gasteiger partial charge in [-0.05, 0) is 37.1 Å². The summed E-state index contributed by atoms with van der Waals surface area (Å²) in [4.78, 5) is 8.07. The summed E-state index contributed by atoms with van der Waals surface area (Å²) in [6, 6.07) is 9.54. The first kappa shape index (κ1) is 14.3. The van der Waals surface area contributed by atoms with Crippen molar-refractivity contribution >= 4 is 11.5 Å². The van der Waals surface area contributed by atoms with Gasteiger partial charge in [-0.25, -0.2) is 9.97 Å². The molecule has 22 heavy (non-hydrogen) atoms. The predicted octanol–water partition coefficient (Wildman–Crippen LogP) is 2.65. The number of anilines is 2. The van der Waals surface area contributed by atoms with Gasteiger partial charge in [0.05, 0.1) is 18.5 Å². The second-order valence-corrected chi connectivity index (χ2v) is 4.99. The molecule has 1 aromatic heterocycles. The van der Waals surface area contributed by atoms with E-state index in [1.807, 2.05) is 30.3 Å². The van der Waals surface area contributed by atoms with Gasteiger partial charge in [-0.3, -0.25) is 0 Å². The third-order valence-electron chi connectivity index (χ3n) is 3.35. The first-order valence-corrected chi connectivity index (χ1v) is 7.17. The molecule has 0 bridgehead atoms. The molecule has 6 heteroatoms. The summed E-state index contributed by atoms with van der Waals surface area (Å²) in [5, 5.41) is 11.8. The molecule has 0 amide bonds. The second-order valence-electron chi connectivity index (χ2n) is 4.99. The SMILES string of the molecule is N#Cc1cnc(Nc2ccc(OCC3CCCO3)cc2)cn1. The van der Waals surface area contributed by atoms with Crippen LogP contribution in [0.2, 0.25) is 0 Å². The van der Waals surface area contributed by atoms with Gasteiger partial charge < -0.3 is 14.8 Å². The van der Waals surface area contributed by atoms with E-state index >= 15 is 0 Å². The van der Waals surface area contributed by atoms with Crippen LogP contribution < -0.4 is 10.1 Å². The predicted molar refractivity (Wildman–Crippen MR) is 80.9 cm³/mol. The van der Waals surface area contributed by atoms with Crippen molar-refractivity contribution in [1.29, 1.82) is 5.26 Å². The minimum Gasteiger partial charge on any atom is -0.491 e. The van der Waals surface area contributed by atoms with Gasteiger partial charge in [0.1, 0.15) is 24.2 Å². The highest BCUT2D eigenvalue weighted by Gasteiger charge is 2.15. The molecule has 3 rings (SSSR count). The monoisotopic (exact) mass is 296 g/mol. The van der Waals surface area contributed by atoms with E-state index in [4.69, 9.17) is 14.7 Å². The van der Waals surface area contributed by atoms with E-state index in [1.54, 1.807) is 0 Å². The topological polar surface area (TPSA) is 80.1 Å². The third-order valence-corrected chi connectivity index (χ3v) is 3.35. The van der Waals surface area contributed by atoms with Crippen LogP contribution in [0.3, 0.4) is 0 Å². The van der Waals surface area contributed by atoms with Gasteiger partial charge in [0.25, 0.3) is 0 Å². The van der Waals surface area contributed by atoms with Crippen molar-refractivity contribution in [1.82, 2.24) is 9.97 Å². The molecule has 112 valence electrons. The van der Waals surface area contributed by atoms with E-state index in [0.29, 0.717) is 18.1 Å². The lowest BCUT2D eigenvalue weighted by molar-refractivity contribution is 0.0679. The fourth-order valence-corrected chi connectivity index (χ4v) is 2.20. The average molecular weight is 296 g/mol. The van der Waals surface area contributed by atoms with Crippen LogP contribution in [0.25, 0.3) is 0 Å². The number of hydrogen-bond donors (Lipinski definition) is 1. The number of rotatable bonds is 5. The van der Waals surface area contributed by atoms with Crippen molar-refractivity contribution < 1.29 is 9.47 Å². The molecular weight excluding hydrogens is 280 g/mol. The molecule has 1 saturated heterocycles. The van der Waals surface area contributed by atoms with E-state index in [0.717, 1.165) is 30.9 Å². The highest BCUT2D eigenvalue weighted by molar-refractivity contribution is 5.56. The van der Waals surface area contributed by atoms with Gasteiger partial charge in [-0.15, -0.1) is 0 Å². The Kier molecular flexibility index (Phi) is 4.47. The van der Waals surface area contributed by atoms with Gasteiger partial charge >= 0.3 is 0 Å². The minimum absolute atomic E-state index is 0.215. The molecule has 1 aliphatic heterocycles. The molecule has 0 spiro atoms. The number of hydrogen-bond acceptors (Lipinski definition) is 6.